The van der Waals surface area contributed by atoms with Crippen LogP contribution in [-0.4, -0.2) is 40.6 Å². The Morgan fingerprint density at radius 2 is 1.93 bits per heavy atom. The van der Waals surface area contributed by atoms with Gasteiger partial charge in [0.05, 0.1) is 10.6 Å². The summed E-state index contributed by atoms with van der Waals surface area (Å²) < 4.78 is 2.01. The third-order valence-electron chi connectivity index (χ3n) is 4.57. The minimum Gasteiger partial charge on any atom is -0.355 e. The van der Waals surface area contributed by atoms with Gasteiger partial charge in [0.1, 0.15) is 4.83 Å². The molecule has 0 atom stereocenters. The van der Waals surface area contributed by atoms with E-state index in [4.69, 9.17) is 0 Å². The molecule has 2 amide bonds. The van der Waals surface area contributed by atoms with Crippen molar-refractivity contribution >= 4 is 33.4 Å². The number of nitrogens with one attached hydrogen (secondary N) is 1. The van der Waals surface area contributed by atoms with Gasteiger partial charge in [-0.05, 0) is 36.6 Å². The van der Waals surface area contributed by atoms with Gasteiger partial charge in [-0.15, -0.1) is 11.3 Å². The Hall–Kier alpha value is -2.67. The Morgan fingerprint density at radius 3 is 2.54 bits per heavy atom. The lowest BCUT2D eigenvalue weighted by atomic mass is 10.1. The molecular weight excluding hydrogens is 372 g/mol. The van der Waals surface area contributed by atoms with E-state index in [1.165, 1.54) is 11.3 Å². The zero-order valence-electron chi connectivity index (χ0n) is 16.9. The molecule has 0 spiro atoms. The second-order valence-corrected chi connectivity index (χ2v) is 8.46. The fourth-order valence-electron chi connectivity index (χ4n) is 3.13. The normalized spacial score (nSPS) is 11.2. The van der Waals surface area contributed by atoms with Crippen LogP contribution in [0.3, 0.4) is 0 Å². The van der Waals surface area contributed by atoms with Crippen molar-refractivity contribution in [3.63, 3.8) is 0 Å². The van der Waals surface area contributed by atoms with Crippen LogP contribution in [0.1, 0.15) is 45.1 Å². The number of nitrogens with zero attached hydrogens (tertiary/aromatic N) is 3. The maximum absolute atomic E-state index is 12.9. The van der Waals surface area contributed by atoms with Crippen molar-refractivity contribution in [2.45, 2.75) is 33.9 Å². The number of aromatic nitrogens is 2. The first kappa shape index (κ1) is 20.1. The first-order valence-electron chi connectivity index (χ1n) is 9.33. The number of amides is 2. The molecule has 1 N–H and O–H groups in total. The summed E-state index contributed by atoms with van der Waals surface area (Å²) in [6.07, 6.45) is 0. The van der Waals surface area contributed by atoms with Gasteiger partial charge in [0.15, 0.2) is 0 Å². The molecule has 0 fully saturated rings. The average molecular weight is 399 g/mol. The first-order valence-corrected chi connectivity index (χ1v) is 10.1. The first-order chi connectivity index (χ1) is 13.3. The molecule has 0 radical (unpaired) electrons. The summed E-state index contributed by atoms with van der Waals surface area (Å²) in [7, 11) is 3.41. The van der Waals surface area contributed by atoms with E-state index in [2.05, 4.69) is 24.3 Å². The van der Waals surface area contributed by atoms with Gasteiger partial charge in [0, 0.05) is 38.1 Å². The van der Waals surface area contributed by atoms with Crippen molar-refractivity contribution in [1.29, 1.82) is 0 Å². The van der Waals surface area contributed by atoms with Crippen LogP contribution in [0.2, 0.25) is 0 Å². The van der Waals surface area contributed by atoms with E-state index in [-0.39, 0.29) is 11.8 Å². The van der Waals surface area contributed by atoms with E-state index < -0.39 is 0 Å². The molecule has 0 aliphatic rings. The zero-order chi connectivity index (χ0) is 20.4. The lowest BCUT2D eigenvalue weighted by molar-refractivity contribution is 0.0789. The van der Waals surface area contributed by atoms with Gasteiger partial charge in [-0.25, -0.2) is 0 Å². The predicted molar refractivity (Wildman–Crippen MR) is 113 cm³/mol. The summed E-state index contributed by atoms with van der Waals surface area (Å²) in [5.41, 5.74) is 2.54. The van der Waals surface area contributed by atoms with E-state index in [0.717, 1.165) is 32.9 Å². The number of thiophene rings is 1. The number of aryl methyl sites for hydroxylation is 1. The highest BCUT2D eigenvalue weighted by molar-refractivity contribution is 7.20. The fourth-order valence-corrected chi connectivity index (χ4v) is 4.29. The van der Waals surface area contributed by atoms with Crippen molar-refractivity contribution in [2.24, 2.45) is 5.92 Å². The minimum atomic E-state index is -0.118. The number of hydrogen-bond donors (Lipinski definition) is 1. The van der Waals surface area contributed by atoms with Crippen LogP contribution in [0.4, 0.5) is 0 Å². The maximum atomic E-state index is 12.9. The number of rotatable bonds is 6. The summed E-state index contributed by atoms with van der Waals surface area (Å²) >= 11 is 1.50. The number of hydrogen-bond acceptors (Lipinski definition) is 4. The molecule has 28 heavy (non-hydrogen) atoms. The number of benzene rings is 1. The Kier molecular flexibility index (Phi) is 5.84. The number of fused-ring (bicyclic) bond motifs is 1. The van der Waals surface area contributed by atoms with Gasteiger partial charge in [0.2, 0.25) is 0 Å². The van der Waals surface area contributed by atoms with E-state index in [0.29, 0.717) is 18.0 Å². The Morgan fingerprint density at radius 1 is 1.25 bits per heavy atom. The molecule has 2 aromatic heterocycles. The average Bonchev–Trinajstić information content (AvgIpc) is 3.22. The second kappa shape index (κ2) is 8.14. The molecule has 0 bridgehead atoms. The Bertz CT molecular complexity index is 1000. The van der Waals surface area contributed by atoms with E-state index in [1.807, 2.05) is 29.8 Å². The van der Waals surface area contributed by atoms with E-state index in [9.17, 15) is 9.59 Å². The smallest absolute Gasteiger partial charge is 0.264 e. The van der Waals surface area contributed by atoms with Crippen molar-refractivity contribution in [3.05, 3.63) is 52.0 Å². The SMILES string of the molecule is CNC(=O)c1ccc(CN(C)C(=O)c2cc3c(C)nn(CC(C)C)c3s2)cc1. The monoisotopic (exact) mass is 398 g/mol. The highest BCUT2D eigenvalue weighted by atomic mass is 32.1. The molecule has 148 valence electrons. The molecule has 7 heteroatoms. The predicted octanol–water partition coefficient (Wildman–Crippen LogP) is 3.69. The molecule has 0 aliphatic carbocycles. The summed E-state index contributed by atoms with van der Waals surface area (Å²) in [5, 5.41) is 8.26. The van der Waals surface area contributed by atoms with Gasteiger partial charge in [-0.2, -0.15) is 5.10 Å². The van der Waals surface area contributed by atoms with Crippen LogP contribution in [0.15, 0.2) is 30.3 Å². The molecule has 6 nitrogen and oxygen atoms in total. The summed E-state index contributed by atoms with van der Waals surface area (Å²) in [6, 6.07) is 9.26. The van der Waals surface area contributed by atoms with Crippen LogP contribution in [0.5, 0.6) is 0 Å². The maximum Gasteiger partial charge on any atom is 0.264 e. The zero-order valence-corrected chi connectivity index (χ0v) is 17.8. The van der Waals surface area contributed by atoms with Crippen LogP contribution >= 0.6 is 11.3 Å². The van der Waals surface area contributed by atoms with Crippen LogP contribution in [0.25, 0.3) is 10.2 Å². The van der Waals surface area contributed by atoms with Gasteiger partial charge < -0.3 is 10.2 Å². The highest BCUT2D eigenvalue weighted by Gasteiger charge is 2.19. The highest BCUT2D eigenvalue weighted by Crippen LogP contribution is 2.29. The van der Waals surface area contributed by atoms with E-state index >= 15 is 0 Å². The van der Waals surface area contributed by atoms with Gasteiger partial charge in [0.25, 0.3) is 11.8 Å². The molecule has 1 aromatic carbocycles. The van der Waals surface area contributed by atoms with Gasteiger partial charge in [-0.1, -0.05) is 26.0 Å². The van der Waals surface area contributed by atoms with Crippen LogP contribution < -0.4 is 5.32 Å². The molecular formula is C21H26N4O2S. The van der Waals surface area contributed by atoms with E-state index in [1.54, 1.807) is 31.1 Å². The van der Waals surface area contributed by atoms with Gasteiger partial charge >= 0.3 is 0 Å². The molecule has 3 rings (SSSR count). The van der Waals surface area contributed by atoms with Crippen molar-refractivity contribution < 1.29 is 9.59 Å². The Labute approximate surface area is 169 Å². The third-order valence-corrected chi connectivity index (χ3v) is 5.70. The second-order valence-electron chi connectivity index (χ2n) is 7.43. The number of carbonyl (C=O) groups excluding carboxylic acids is 2. The van der Waals surface area contributed by atoms with Crippen LogP contribution in [-0.2, 0) is 13.1 Å². The fraction of sp³-hybridized carbons (Fsp3) is 0.381. The summed E-state index contributed by atoms with van der Waals surface area (Å²) in [6.45, 7) is 7.62. The molecule has 0 unspecified atom stereocenters. The molecule has 2 heterocycles. The largest absolute Gasteiger partial charge is 0.355 e. The summed E-state index contributed by atoms with van der Waals surface area (Å²) in [5.74, 6) is 0.364. The quantitative estimate of drug-likeness (QED) is 0.688. The molecule has 0 saturated heterocycles. The Balaban J connectivity index is 1.76. The standard InChI is InChI=1S/C21H26N4O2S/c1-13(2)11-25-21-17(14(3)23-25)10-18(28-21)20(27)24(5)12-15-6-8-16(9-7-15)19(26)22-4/h6-10,13H,11-12H2,1-5H3,(H,22,26). The number of carbonyl (C=O) groups is 2. The third kappa shape index (κ3) is 4.09. The van der Waals surface area contributed by atoms with Crippen LogP contribution in [0, 0.1) is 12.8 Å². The lowest BCUT2D eigenvalue weighted by Gasteiger charge is -2.16. The van der Waals surface area contributed by atoms with Gasteiger partial charge in [-0.3, -0.25) is 14.3 Å². The summed E-state index contributed by atoms with van der Waals surface area (Å²) in [4.78, 5) is 28.0. The topological polar surface area (TPSA) is 67.2 Å². The lowest BCUT2D eigenvalue weighted by Crippen LogP contribution is -2.25. The van der Waals surface area contributed by atoms with Crippen molar-refractivity contribution in [3.8, 4) is 0 Å². The molecule has 3 aromatic rings. The minimum absolute atomic E-state index is 0.00734. The van der Waals surface area contributed by atoms with Crippen molar-refractivity contribution in [1.82, 2.24) is 20.0 Å². The van der Waals surface area contributed by atoms with Crippen molar-refractivity contribution in [2.75, 3.05) is 14.1 Å². The molecule has 0 saturated carbocycles. The molecule has 0 aliphatic heterocycles.